The SMILES string of the molecule is CCC(C)c1ccccc1Oc1c(CO)c(C)nn1C. The summed E-state index contributed by atoms with van der Waals surface area (Å²) < 4.78 is 7.72. The molecule has 0 aliphatic rings. The maximum absolute atomic E-state index is 9.48. The molecule has 1 heterocycles. The Kier molecular flexibility index (Phi) is 4.45. The van der Waals surface area contributed by atoms with Crippen molar-refractivity contribution in [2.45, 2.75) is 39.7 Å². The van der Waals surface area contributed by atoms with Gasteiger partial charge in [0.15, 0.2) is 0 Å². The van der Waals surface area contributed by atoms with Gasteiger partial charge in [-0.05, 0) is 30.9 Å². The first kappa shape index (κ1) is 14.6. The molecule has 1 N–H and O–H groups in total. The minimum atomic E-state index is -0.0689. The second-order valence-electron chi connectivity index (χ2n) is 5.10. The van der Waals surface area contributed by atoms with Crippen molar-refractivity contribution in [3.8, 4) is 11.6 Å². The first-order valence-corrected chi connectivity index (χ1v) is 6.98. The Labute approximate surface area is 120 Å². The molecule has 20 heavy (non-hydrogen) atoms. The molecule has 4 nitrogen and oxygen atoms in total. The van der Waals surface area contributed by atoms with Crippen LogP contribution in [0.25, 0.3) is 0 Å². The molecule has 1 aromatic heterocycles. The van der Waals surface area contributed by atoms with Crippen molar-refractivity contribution in [3.63, 3.8) is 0 Å². The van der Waals surface area contributed by atoms with E-state index in [1.54, 1.807) is 4.68 Å². The highest BCUT2D eigenvalue weighted by atomic mass is 16.5. The van der Waals surface area contributed by atoms with Crippen molar-refractivity contribution >= 4 is 0 Å². The number of hydrogen-bond donors (Lipinski definition) is 1. The van der Waals surface area contributed by atoms with Crippen LogP contribution in [0.4, 0.5) is 0 Å². The summed E-state index contributed by atoms with van der Waals surface area (Å²) in [5.74, 6) is 1.87. The van der Waals surface area contributed by atoms with Crippen molar-refractivity contribution < 1.29 is 9.84 Å². The predicted octanol–water partition coefficient (Wildman–Crippen LogP) is 3.53. The highest BCUT2D eigenvalue weighted by Crippen LogP contribution is 2.33. The quantitative estimate of drug-likeness (QED) is 0.907. The third-order valence-corrected chi connectivity index (χ3v) is 3.72. The first-order valence-electron chi connectivity index (χ1n) is 6.98. The molecule has 1 unspecified atom stereocenters. The van der Waals surface area contributed by atoms with E-state index in [0.717, 1.165) is 23.4 Å². The van der Waals surface area contributed by atoms with Gasteiger partial charge in [0.25, 0.3) is 0 Å². The van der Waals surface area contributed by atoms with Gasteiger partial charge in [0.2, 0.25) is 5.88 Å². The van der Waals surface area contributed by atoms with E-state index in [1.165, 1.54) is 5.56 Å². The molecule has 0 aliphatic heterocycles. The van der Waals surface area contributed by atoms with Crippen LogP contribution in [0.15, 0.2) is 24.3 Å². The zero-order valence-electron chi connectivity index (χ0n) is 12.6. The second kappa shape index (κ2) is 6.09. The summed E-state index contributed by atoms with van der Waals surface area (Å²) in [6.07, 6.45) is 1.05. The van der Waals surface area contributed by atoms with Gasteiger partial charge in [0.1, 0.15) is 5.75 Å². The average Bonchev–Trinajstić information content (AvgIpc) is 2.72. The summed E-state index contributed by atoms with van der Waals surface area (Å²) in [5.41, 5.74) is 2.72. The zero-order valence-corrected chi connectivity index (χ0v) is 12.6. The lowest BCUT2D eigenvalue weighted by molar-refractivity contribution is 0.274. The van der Waals surface area contributed by atoms with Crippen LogP contribution < -0.4 is 4.74 Å². The van der Waals surface area contributed by atoms with Crippen LogP contribution in [0.2, 0.25) is 0 Å². The van der Waals surface area contributed by atoms with Gasteiger partial charge < -0.3 is 9.84 Å². The van der Waals surface area contributed by atoms with E-state index in [-0.39, 0.29) is 6.61 Å². The minimum Gasteiger partial charge on any atom is -0.439 e. The number of benzene rings is 1. The van der Waals surface area contributed by atoms with Gasteiger partial charge in [-0.2, -0.15) is 5.10 Å². The van der Waals surface area contributed by atoms with Gasteiger partial charge in [-0.25, -0.2) is 4.68 Å². The molecule has 0 saturated heterocycles. The molecule has 0 fully saturated rings. The third kappa shape index (κ3) is 2.70. The second-order valence-corrected chi connectivity index (χ2v) is 5.10. The van der Waals surface area contributed by atoms with E-state index in [2.05, 4.69) is 25.0 Å². The largest absolute Gasteiger partial charge is 0.439 e. The Hall–Kier alpha value is -1.81. The van der Waals surface area contributed by atoms with Crippen LogP contribution in [0.3, 0.4) is 0 Å². The molecule has 1 aromatic carbocycles. The monoisotopic (exact) mass is 274 g/mol. The third-order valence-electron chi connectivity index (χ3n) is 3.72. The Balaban J connectivity index is 2.40. The van der Waals surface area contributed by atoms with Gasteiger partial charge in [-0.1, -0.05) is 32.0 Å². The van der Waals surface area contributed by atoms with Crippen LogP contribution >= 0.6 is 0 Å². The smallest absolute Gasteiger partial charge is 0.223 e. The first-order chi connectivity index (χ1) is 9.58. The van der Waals surface area contributed by atoms with Crippen LogP contribution in [0.5, 0.6) is 11.6 Å². The summed E-state index contributed by atoms with van der Waals surface area (Å²) >= 11 is 0. The summed E-state index contributed by atoms with van der Waals surface area (Å²) in [7, 11) is 1.83. The summed E-state index contributed by atoms with van der Waals surface area (Å²) in [4.78, 5) is 0. The number of ether oxygens (including phenoxy) is 1. The number of aliphatic hydroxyl groups is 1. The lowest BCUT2D eigenvalue weighted by Crippen LogP contribution is -2.01. The maximum atomic E-state index is 9.48. The number of nitrogens with zero attached hydrogens (tertiary/aromatic N) is 2. The van der Waals surface area contributed by atoms with Crippen molar-refractivity contribution in [2.24, 2.45) is 7.05 Å². The molecule has 0 bridgehead atoms. The molecule has 0 spiro atoms. The van der Waals surface area contributed by atoms with Gasteiger partial charge in [-0.3, -0.25) is 0 Å². The fraction of sp³-hybridized carbons (Fsp3) is 0.438. The van der Waals surface area contributed by atoms with E-state index < -0.39 is 0 Å². The molecule has 1 atom stereocenters. The predicted molar refractivity (Wildman–Crippen MR) is 79.1 cm³/mol. The summed E-state index contributed by atoms with van der Waals surface area (Å²) in [5, 5.41) is 13.8. The standard InChI is InChI=1S/C16H22N2O2/c1-5-11(2)13-8-6-7-9-15(13)20-16-14(10-19)12(3)17-18(16)4/h6-9,11,19H,5,10H2,1-4H3. The zero-order chi connectivity index (χ0) is 14.7. The minimum absolute atomic E-state index is 0.0689. The van der Waals surface area contributed by atoms with E-state index in [1.807, 2.05) is 32.2 Å². The van der Waals surface area contributed by atoms with Crippen molar-refractivity contribution in [2.75, 3.05) is 0 Å². The molecule has 0 amide bonds. The molecule has 108 valence electrons. The van der Waals surface area contributed by atoms with Gasteiger partial charge in [0.05, 0.1) is 17.9 Å². The molecular weight excluding hydrogens is 252 g/mol. The Bertz CT molecular complexity index is 590. The summed E-state index contributed by atoms with van der Waals surface area (Å²) in [6, 6.07) is 8.04. The van der Waals surface area contributed by atoms with Crippen molar-refractivity contribution in [3.05, 3.63) is 41.1 Å². The molecule has 2 rings (SSSR count). The number of aliphatic hydroxyl groups excluding tert-OH is 1. The van der Waals surface area contributed by atoms with E-state index in [0.29, 0.717) is 11.8 Å². The van der Waals surface area contributed by atoms with Gasteiger partial charge in [0, 0.05) is 7.05 Å². The molecule has 4 heteroatoms. The number of rotatable bonds is 5. The van der Waals surface area contributed by atoms with E-state index in [4.69, 9.17) is 4.74 Å². The van der Waals surface area contributed by atoms with Crippen molar-refractivity contribution in [1.82, 2.24) is 9.78 Å². The van der Waals surface area contributed by atoms with Crippen molar-refractivity contribution in [1.29, 1.82) is 0 Å². The number of hydrogen-bond acceptors (Lipinski definition) is 3. The highest BCUT2D eigenvalue weighted by Gasteiger charge is 2.17. The van der Waals surface area contributed by atoms with Crippen LogP contribution in [0.1, 0.15) is 43.0 Å². The van der Waals surface area contributed by atoms with Gasteiger partial charge in [-0.15, -0.1) is 0 Å². The topological polar surface area (TPSA) is 47.3 Å². The Morgan fingerprint density at radius 1 is 1.35 bits per heavy atom. The molecular formula is C16H22N2O2. The van der Waals surface area contributed by atoms with Crippen LogP contribution in [-0.4, -0.2) is 14.9 Å². The Morgan fingerprint density at radius 2 is 2.05 bits per heavy atom. The van der Waals surface area contributed by atoms with E-state index in [9.17, 15) is 5.11 Å². The molecule has 2 aromatic rings. The maximum Gasteiger partial charge on any atom is 0.223 e. The fourth-order valence-corrected chi connectivity index (χ4v) is 2.30. The number of aromatic nitrogens is 2. The Morgan fingerprint density at radius 3 is 2.70 bits per heavy atom. The lowest BCUT2D eigenvalue weighted by Gasteiger charge is -2.16. The van der Waals surface area contributed by atoms with Crippen LogP contribution in [0, 0.1) is 6.92 Å². The van der Waals surface area contributed by atoms with Crippen LogP contribution in [-0.2, 0) is 13.7 Å². The fourth-order valence-electron chi connectivity index (χ4n) is 2.30. The van der Waals surface area contributed by atoms with Gasteiger partial charge >= 0.3 is 0 Å². The lowest BCUT2D eigenvalue weighted by atomic mass is 9.98. The van der Waals surface area contributed by atoms with E-state index >= 15 is 0 Å². The molecule has 0 saturated carbocycles. The number of aryl methyl sites for hydroxylation is 2. The normalized spacial score (nSPS) is 12.4. The summed E-state index contributed by atoms with van der Waals surface area (Å²) in [6.45, 7) is 6.15. The number of para-hydroxylation sites is 1. The average molecular weight is 274 g/mol. The molecule has 0 radical (unpaired) electrons. The molecule has 0 aliphatic carbocycles. The highest BCUT2D eigenvalue weighted by molar-refractivity contribution is 5.41.